The molecule has 3 atom stereocenters. The Kier molecular flexibility index (Phi) is 11.8. The molecule has 0 radical (unpaired) electrons. The van der Waals surface area contributed by atoms with E-state index in [1.807, 2.05) is 0 Å². The largest absolute Gasteiger partial charge is 0.481 e. The second-order valence-electron chi connectivity index (χ2n) is 7.30. The SMILES string of the molecule is CCC(C)(CC(=O)O)C(=O)O.CCC(CC(=O)O)CC(C)(CC(=O)O)C(=O)O. The van der Waals surface area contributed by atoms with Crippen LogP contribution in [0.5, 0.6) is 0 Å². The molecular formula is C18H30O10. The van der Waals surface area contributed by atoms with Gasteiger partial charge in [-0.15, -0.1) is 0 Å². The first-order valence-corrected chi connectivity index (χ1v) is 8.75. The normalized spacial score (nSPS) is 15.7. The van der Waals surface area contributed by atoms with E-state index in [0.29, 0.717) is 12.8 Å². The van der Waals surface area contributed by atoms with Gasteiger partial charge in [-0.2, -0.15) is 0 Å². The van der Waals surface area contributed by atoms with E-state index in [4.69, 9.17) is 25.5 Å². The highest BCUT2D eigenvalue weighted by Crippen LogP contribution is 2.33. The molecule has 0 saturated heterocycles. The lowest BCUT2D eigenvalue weighted by molar-refractivity contribution is -0.156. The highest BCUT2D eigenvalue weighted by atomic mass is 16.4. The van der Waals surface area contributed by atoms with Crippen LogP contribution < -0.4 is 0 Å². The fourth-order valence-corrected chi connectivity index (χ4v) is 2.50. The topological polar surface area (TPSA) is 186 Å². The number of rotatable bonds is 12. The van der Waals surface area contributed by atoms with Crippen LogP contribution in [-0.4, -0.2) is 55.4 Å². The van der Waals surface area contributed by atoms with Gasteiger partial charge in [0.2, 0.25) is 0 Å². The molecule has 0 aromatic rings. The number of carboxylic acid groups (broad SMARTS) is 5. The Hall–Kier alpha value is -2.65. The van der Waals surface area contributed by atoms with E-state index in [2.05, 4.69) is 0 Å². The van der Waals surface area contributed by atoms with Crippen molar-refractivity contribution in [2.45, 2.75) is 66.2 Å². The molecule has 0 aromatic carbocycles. The minimum atomic E-state index is -1.41. The molecule has 0 rings (SSSR count). The molecule has 0 fully saturated rings. The van der Waals surface area contributed by atoms with Crippen LogP contribution in [0.4, 0.5) is 0 Å². The lowest BCUT2D eigenvalue weighted by Gasteiger charge is -2.26. The smallest absolute Gasteiger partial charge is 0.309 e. The number of aliphatic carboxylic acids is 5. The molecule has 0 spiro atoms. The van der Waals surface area contributed by atoms with Gasteiger partial charge in [-0.1, -0.05) is 20.3 Å². The zero-order valence-corrected chi connectivity index (χ0v) is 16.6. The fraction of sp³-hybridized carbons (Fsp3) is 0.722. The monoisotopic (exact) mass is 406 g/mol. The Labute approximate surface area is 163 Å². The molecule has 10 heteroatoms. The summed E-state index contributed by atoms with van der Waals surface area (Å²) >= 11 is 0. The summed E-state index contributed by atoms with van der Waals surface area (Å²) in [4.78, 5) is 53.0. The molecular weight excluding hydrogens is 376 g/mol. The maximum Gasteiger partial charge on any atom is 0.309 e. The van der Waals surface area contributed by atoms with E-state index in [-0.39, 0.29) is 25.2 Å². The van der Waals surface area contributed by atoms with Crippen molar-refractivity contribution in [2.24, 2.45) is 16.7 Å². The summed E-state index contributed by atoms with van der Waals surface area (Å²) in [7, 11) is 0. The van der Waals surface area contributed by atoms with E-state index in [1.165, 1.54) is 13.8 Å². The van der Waals surface area contributed by atoms with E-state index in [1.54, 1.807) is 13.8 Å². The number of hydrogen-bond donors (Lipinski definition) is 5. The van der Waals surface area contributed by atoms with Crippen LogP contribution >= 0.6 is 0 Å². The van der Waals surface area contributed by atoms with E-state index >= 15 is 0 Å². The zero-order chi connectivity index (χ0) is 22.7. The van der Waals surface area contributed by atoms with Gasteiger partial charge in [0.1, 0.15) is 0 Å². The lowest BCUT2D eigenvalue weighted by atomic mass is 9.76. The Morgan fingerprint density at radius 1 is 0.714 bits per heavy atom. The highest BCUT2D eigenvalue weighted by molar-refractivity contribution is 5.81. The van der Waals surface area contributed by atoms with Crippen molar-refractivity contribution < 1.29 is 49.5 Å². The van der Waals surface area contributed by atoms with E-state index in [0.717, 1.165) is 0 Å². The van der Waals surface area contributed by atoms with Crippen molar-refractivity contribution in [2.75, 3.05) is 0 Å². The van der Waals surface area contributed by atoms with Gasteiger partial charge in [0.15, 0.2) is 0 Å². The van der Waals surface area contributed by atoms with Gasteiger partial charge in [-0.3, -0.25) is 24.0 Å². The standard InChI is InChI=1S/C11H18O6.C7H12O4/c1-3-7(4-8(12)13)5-11(2,10(16)17)6-9(14)15;1-3-7(2,6(10)11)4-5(8)9/h7H,3-6H2,1-2H3,(H,12,13)(H,14,15)(H,16,17);3-4H2,1-2H3,(H,8,9)(H,10,11). The summed E-state index contributed by atoms with van der Waals surface area (Å²) in [6.45, 7) is 6.20. The maximum atomic E-state index is 11.1. The van der Waals surface area contributed by atoms with Crippen LogP contribution in [-0.2, 0) is 24.0 Å². The van der Waals surface area contributed by atoms with Crippen LogP contribution in [0, 0.1) is 16.7 Å². The van der Waals surface area contributed by atoms with Gasteiger partial charge in [0.05, 0.1) is 23.7 Å². The number of hydrogen-bond acceptors (Lipinski definition) is 5. The van der Waals surface area contributed by atoms with E-state index < -0.39 is 47.1 Å². The summed E-state index contributed by atoms with van der Waals surface area (Å²) in [6, 6.07) is 0. The Balaban J connectivity index is 0. The number of carbonyl (C=O) groups is 5. The Morgan fingerprint density at radius 2 is 1.11 bits per heavy atom. The Morgan fingerprint density at radius 3 is 1.32 bits per heavy atom. The molecule has 162 valence electrons. The maximum absolute atomic E-state index is 11.1. The number of carboxylic acids is 5. The molecule has 0 saturated carbocycles. The second kappa shape index (κ2) is 11.9. The summed E-state index contributed by atoms with van der Waals surface area (Å²) in [5, 5.41) is 43.4. The third kappa shape index (κ3) is 10.5. The minimum absolute atomic E-state index is 0.0530. The molecule has 5 N–H and O–H groups in total. The molecule has 0 aliphatic rings. The van der Waals surface area contributed by atoms with Crippen LogP contribution in [0.1, 0.15) is 66.2 Å². The van der Waals surface area contributed by atoms with E-state index in [9.17, 15) is 24.0 Å². The molecule has 28 heavy (non-hydrogen) atoms. The van der Waals surface area contributed by atoms with Crippen molar-refractivity contribution in [1.29, 1.82) is 0 Å². The van der Waals surface area contributed by atoms with Crippen LogP contribution in [0.15, 0.2) is 0 Å². The van der Waals surface area contributed by atoms with Gasteiger partial charge in [0, 0.05) is 6.42 Å². The van der Waals surface area contributed by atoms with Gasteiger partial charge in [-0.05, 0) is 32.6 Å². The summed E-state index contributed by atoms with van der Waals surface area (Å²) in [5.41, 5.74) is -2.53. The molecule has 10 nitrogen and oxygen atoms in total. The van der Waals surface area contributed by atoms with Crippen molar-refractivity contribution in [3.05, 3.63) is 0 Å². The minimum Gasteiger partial charge on any atom is -0.481 e. The van der Waals surface area contributed by atoms with Crippen molar-refractivity contribution in [3.63, 3.8) is 0 Å². The summed E-state index contributed by atoms with van der Waals surface area (Å²) in [6.07, 6.45) is -0.0723. The molecule has 0 aromatic heterocycles. The van der Waals surface area contributed by atoms with Crippen LogP contribution in [0.2, 0.25) is 0 Å². The van der Waals surface area contributed by atoms with Crippen molar-refractivity contribution >= 4 is 29.8 Å². The zero-order valence-electron chi connectivity index (χ0n) is 16.6. The quantitative estimate of drug-likeness (QED) is 0.322. The van der Waals surface area contributed by atoms with Gasteiger partial charge in [0.25, 0.3) is 0 Å². The second-order valence-corrected chi connectivity index (χ2v) is 7.30. The van der Waals surface area contributed by atoms with Crippen LogP contribution in [0.25, 0.3) is 0 Å². The molecule has 0 heterocycles. The average Bonchev–Trinajstić information content (AvgIpc) is 2.52. The van der Waals surface area contributed by atoms with Gasteiger partial charge >= 0.3 is 29.8 Å². The fourth-order valence-electron chi connectivity index (χ4n) is 2.50. The predicted molar refractivity (Wildman–Crippen MR) is 96.9 cm³/mol. The van der Waals surface area contributed by atoms with Gasteiger partial charge in [-0.25, -0.2) is 0 Å². The first-order chi connectivity index (χ1) is 12.6. The predicted octanol–water partition coefficient (Wildman–Crippen LogP) is 2.41. The first kappa shape index (κ1) is 27.6. The molecule has 3 unspecified atom stereocenters. The molecule has 0 amide bonds. The molecule has 0 aliphatic heterocycles. The van der Waals surface area contributed by atoms with Crippen molar-refractivity contribution in [3.8, 4) is 0 Å². The average molecular weight is 406 g/mol. The molecule has 0 bridgehead atoms. The Bertz CT molecular complexity index is 585. The van der Waals surface area contributed by atoms with Gasteiger partial charge < -0.3 is 25.5 Å². The lowest BCUT2D eigenvalue weighted by Crippen LogP contribution is -2.33. The first-order valence-electron chi connectivity index (χ1n) is 8.75. The summed E-state index contributed by atoms with van der Waals surface area (Å²) in [5.74, 6) is -5.85. The van der Waals surface area contributed by atoms with Crippen LogP contribution in [0.3, 0.4) is 0 Å². The third-order valence-electron chi connectivity index (χ3n) is 4.68. The highest BCUT2D eigenvalue weighted by Gasteiger charge is 2.38. The summed E-state index contributed by atoms with van der Waals surface area (Å²) < 4.78 is 0. The van der Waals surface area contributed by atoms with Crippen molar-refractivity contribution in [1.82, 2.24) is 0 Å². The third-order valence-corrected chi connectivity index (χ3v) is 4.68. The molecule has 0 aliphatic carbocycles.